The number of aryl methyl sites for hydroxylation is 1. The number of aliphatic imine (C=N–C) groups is 1. The van der Waals surface area contributed by atoms with E-state index in [-0.39, 0.29) is 5.41 Å². The summed E-state index contributed by atoms with van der Waals surface area (Å²) in [5.41, 5.74) is 2.79. The highest BCUT2D eigenvalue weighted by atomic mass is 16.5. The maximum Gasteiger partial charge on any atom is 0.191 e. The zero-order valence-corrected chi connectivity index (χ0v) is 12.0. The molecule has 2 rings (SSSR count). The molecule has 4 heteroatoms. The summed E-state index contributed by atoms with van der Waals surface area (Å²) in [6.07, 6.45) is 0. The third-order valence-corrected chi connectivity index (χ3v) is 3.39. The molecule has 1 aliphatic rings. The van der Waals surface area contributed by atoms with E-state index in [0.29, 0.717) is 0 Å². The molecular weight excluding hydrogens is 238 g/mol. The van der Waals surface area contributed by atoms with Gasteiger partial charge in [-0.1, -0.05) is 36.8 Å². The molecule has 0 saturated carbocycles. The number of nitrogens with one attached hydrogen (secondary N) is 2. The van der Waals surface area contributed by atoms with E-state index in [0.717, 1.165) is 32.3 Å². The first-order valence-electron chi connectivity index (χ1n) is 6.69. The smallest absolute Gasteiger partial charge is 0.191 e. The van der Waals surface area contributed by atoms with E-state index in [2.05, 4.69) is 53.7 Å². The Balaban J connectivity index is 1.77. The van der Waals surface area contributed by atoms with Crippen molar-refractivity contribution in [2.45, 2.75) is 20.4 Å². The average molecular weight is 261 g/mol. The molecule has 2 N–H and O–H groups in total. The van der Waals surface area contributed by atoms with Crippen LogP contribution >= 0.6 is 0 Å². The van der Waals surface area contributed by atoms with Crippen molar-refractivity contribution in [2.75, 3.05) is 26.8 Å². The maximum atomic E-state index is 5.24. The van der Waals surface area contributed by atoms with Crippen molar-refractivity contribution in [1.29, 1.82) is 0 Å². The Morgan fingerprint density at radius 3 is 2.47 bits per heavy atom. The van der Waals surface area contributed by atoms with Gasteiger partial charge in [-0.3, -0.25) is 4.99 Å². The predicted octanol–water partition coefficient (Wildman–Crippen LogP) is 1.70. The molecule has 0 aromatic heterocycles. The largest absolute Gasteiger partial charge is 0.380 e. The van der Waals surface area contributed by atoms with E-state index in [9.17, 15) is 0 Å². The zero-order valence-electron chi connectivity index (χ0n) is 12.0. The fourth-order valence-corrected chi connectivity index (χ4v) is 1.96. The normalized spacial score (nSPS) is 17.7. The molecule has 1 fully saturated rings. The summed E-state index contributed by atoms with van der Waals surface area (Å²) in [5.74, 6) is 0.841. The van der Waals surface area contributed by atoms with Gasteiger partial charge in [0.2, 0.25) is 0 Å². The van der Waals surface area contributed by atoms with Crippen LogP contribution in [0.5, 0.6) is 0 Å². The highest BCUT2D eigenvalue weighted by Gasteiger charge is 2.33. The third-order valence-electron chi connectivity index (χ3n) is 3.39. The Bertz CT molecular complexity index is 435. The molecule has 4 nitrogen and oxygen atoms in total. The Hall–Kier alpha value is -1.55. The average Bonchev–Trinajstić information content (AvgIpc) is 2.39. The van der Waals surface area contributed by atoms with Crippen molar-refractivity contribution in [3.05, 3.63) is 35.4 Å². The Kier molecular flexibility index (Phi) is 4.43. The number of hydrogen-bond acceptors (Lipinski definition) is 2. The fourth-order valence-electron chi connectivity index (χ4n) is 1.96. The summed E-state index contributed by atoms with van der Waals surface area (Å²) < 4.78 is 5.24. The minimum Gasteiger partial charge on any atom is -0.380 e. The van der Waals surface area contributed by atoms with Crippen molar-refractivity contribution in [3.8, 4) is 0 Å². The lowest BCUT2D eigenvalue weighted by atomic mass is 9.89. The topological polar surface area (TPSA) is 45.7 Å². The van der Waals surface area contributed by atoms with Crippen LogP contribution in [0.4, 0.5) is 0 Å². The minimum absolute atomic E-state index is 0.251. The number of benzene rings is 1. The summed E-state index contributed by atoms with van der Waals surface area (Å²) in [7, 11) is 1.80. The van der Waals surface area contributed by atoms with Crippen LogP contribution in [0.3, 0.4) is 0 Å². The van der Waals surface area contributed by atoms with Gasteiger partial charge in [0.05, 0.1) is 13.2 Å². The van der Waals surface area contributed by atoms with Crippen LogP contribution in [0.1, 0.15) is 18.1 Å². The fraction of sp³-hybridized carbons (Fsp3) is 0.533. The molecule has 1 aromatic rings. The van der Waals surface area contributed by atoms with Gasteiger partial charge in [0.1, 0.15) is 0 Å². The number of guanidine groups is 1. The van der Waals surface area contributed by atoms with Gasteiger partial charge in [-0.25, -0.2) is 0 Å². The standard InChI is InChI=1S/C15H23N3O/c1-12-4-6-13(7-5-12)8-17-14(16-3)18-9-15(2)10-19-11-15/h4-7H,8-11H2,1-3H3,(H2,16,17,18). The predicted molar refractivity (Wildman–Crippen MR) is 78.3 cm³/mol. The highest BCUT2D eigenvalue weighted by molar-refractivity contribution is 5.79. The van der Waals surface area contributed by atoms with Gasteiger partial charge in [-0.05, 0) is 12.5 Å². The molecule has 0 radical (unpaired) electrons. The van der Waals surface area contributed by atoms with Gasteiger partial charge in [0.25, 0.3) is 0 Å². The van der Waals surface area contributed by atoms with E-state index in [1.165, 1.54) is 11.1 Å². The van der Waals surface area contributed by atoms with E-state index in [1.54, 1.807) is 7.05 Å². The minimum atomic E-state index is 0.251. The van der Waals surface area contributed by atoms with Crippen molar-refractivity contribution in [1.82, 2.24) is 10.6 Å². The molecule has 0 spiro atoms. The lowest BCUT2D eigenvalue weighted by molar-refractivity contribution is -0.0971. The van der Waals surface area contributed by atoms with Gasteiger partial charge in [-0.2, -0.15) is 0 Å². The van der Waals surface area contributed by atoms with Gasteiger partial charge < -0.3 is 15.4 Å². The SMILES string of the molecule is CN=C(NCc1ccc(C)cc1)NCC1(C)COC1. The van der Waals surface area contributed by atoms with Crippen LogP contribution in [0.25, 0.3) is 0 Å². The molecule has 0 bridgehead atoms. The summed E-state index contributed by atoms with van der Waals surface area (Å²) in [6.45, 7) is 7.65. The van der Waals surface area contributed by atoms with Crippen LogP contribution in [-0.2, 0) is 11.3 Å². The van der Waals surface area contributed by atoms with Crippen LogP contribution in [0.2, 0.25) is 0 Å². The monoisotopic (exact) mass is 261 g/mol. The second kappa shape index (κ2) is 6.06. The van der Waals surface area contributed by atoms with Crippen molar-refractivity contribution in [3.63, 3.8) is 0 Å². The summed E-state index contributed by atoms with van der Waals surface area (Å²) in [6, 6.07) is 8.52. The molecular formula is C15H23N3O. The van der Waals surface area contributed by atoms with Crippen LogP contribution in [0, 0.1) is 12.3 Å². The first kappa shape index (κ1) is 13.9. The van der Waals surface area contributed by atoms with Crippen LogP contribution in [0.15, 0.2) is 29.3 Å². The lowest BCUT2D eigenvalue weighted by Crippen LogP contribution is -2.50. The molecule has 1 aliphatic heterocycles. The Morgan fingerprint density at radius 1 is 1.26 bits per heavy atom. The number of rotatable bonds is 4. The second-order valence-corrected chi connectivity index (χ2v) is 5.57. The van der Waals surface area contributed by atoms with Gasteiger partial charge in [0, 0.05) is 25.6 Å². The summed E-state index contributed by atoms with van der Waals surface area (Å²) in [5, 5.41) is 6.68. The van der Waals surface area contributed by atoms with Crippen molar-refractivity contribution < 1.29 is 4.74 Å². The van der Waals surface area contributed by atoms with Gasteiger partial charge >= 0.3 is 0 Å². The summed E-state index contributed by atoms with van der Waals surface area (Å²) in [4.78, 5) is 4.24. The second-order valence-electron chi connectivity index (χ2n) is 5.57. The van der Waals surface area contributed by atoms with Gasteiger partial charge in [-0.15, -0.1) is 0 Å². The lowest BCUT2D eigenvalue weighted by Gasteiger charge is -2.38. The number of hydrogen-bond donors (Lipinski definition) is 2. The first-order chi connectivity index (χ1) is 9.11. The van der Waals surface area contributed by atoms with Gasteiger partial charge in [0.15, 0.2) is 5.96 Å². The summed E-state index contributed by atoms with van der Waals surface area (Å²) >= 11 is 0. The quantitative estimate of drug-likeness (QED) is 0.640. The maximum absolute atomic E-state index is 5.24. The molecule has 1 aromatic carbocycles. The molecule has 1 heterocycles. The van der Waals surface area contributed by atoms with Crippen LogP contribution < -0.4 is 10.6 Å². The van der Waals surface area contributed by atoms with E-state index < -0.39 is 0 Å². The van der Waals surface area contributed by atoms with E-state index >= 15 is 0 Å². The Labute approximate surface area is 115 Å². The zero-order chi connectivity index (χ0) is 13.7. The van der Waals surface area contributed by atoms with E-state index in [1.807, 2.05) is 0 Å². The number of nitrogens with zero attached hydrogens (tertiary/aromatic N) is 1. The van der Waals surface area contributed by atoms with Crippen molar-refractivity contribution in [2.24, 2.45) is 10.4 Å². The van der Waals surface area contributed by atoms with Crippen LogP contribution in [-0.4, -0.2) is 32.8 Å². The third kappa shape index (κ3) is 3.96. The highest BCUT2D eigenvalue weighted by Crippen LogP contribution is 2.24. The molecule has 19 heavy (non-hydrogen) atoms. The first-order valence-corrected chi connectivity index (χ1v) is 6.69. The molecule has 0 amide bonds. The van der Waals surface area contributed by atoms with E-state index in [4.69, 9.17) is 4.74 Å². The molecule has 0 atom stereocenters. The van der Waals surface area contributed by atoms with Crippen molar-refractivity contribution >= 4 is 5.96 Å². The number of ether oxygens (including phenoxy) is 1. The molecule has 0 unspecified atom stereocenters. The molecule has 1 saturated heterocycles. The molecule has 104 valence electrons. The molecule has 0 aliphatic carbocycles. The Morgan fingerprint density at radius 2 is 1.95 bits per heavy atom.